The van der Waals surface area contributed by atoms with Crippen LogP contribution in [-0.4, -0.2) is 40.7 Å². The second-order valence-corrected chi connectivity index (χ2v) is 4.94. The Hall–Kier alpha value is -0.910. The molecule has 2 atom stereocenters. The maximum absolute atomic E-state index is 10.6. The van der Waals surface area contributed by atoms with Crippen LogP contribution in [0.3, 0.4) is 0 Å². The second-order valence-electron chi connectivity index (χ2n) is 3.87. The van der Waals surface area contributed by atoms with Gasteiger partial charge in [-0.1, -0.05) is 13.3 Å². The lowest BCUT2D eigenvalue weighted by atomic mass is 10.2. The summed E-state index contributed by atoms with van der Waals surface area (Å²) in [6, 6.07) is 0.815. The Labute approximate surface area is 99.4 Å². The van der Waals surface area contributed by atoms with Gasteiger partial charge in [-0.3, -0.25) is 4.79 Å². The predicted molar refractivity (Wildman–Crippen MR) is 63.7 cm³/mol. The number of rotatable bonds is 3. The summed E-state index contributed by atoms with van der Waals surface area (Å²) in [6.07, 6.45) is 2.08. The van der Waals surface area contributed by atoms with Gasteiger partial charge in [0, 0.05) is 17.9 Å². The number of carbonyl (C=O) groups excluding carboxylic acids is 1. The summed E-state index contributed by atoms with van der Waals surface area (Å²) in [5, 5.41) is 13.7. The van der Waals surface area contributed by atoms with Crippen molar-refractivity contribution in [2.75, 3.05) is 11.5 Å². The van der Waals surface area contributed by atoms with Gasteiger partial charge in [-0.05, 0) is 6.42 Å². The molecule has 2 amide bonds. The Bertz CT molecular complexity index is 246. The van der Waals surface area contributed by atoms with Crippen LogP contribution in [-0.2, 0) is 4.79 Å². The molecule has 0 aliphatic carbocycles. The molecule has 0 unspecified atom stereocenters. The molecule has 6 heteroatoms. The van der Waals surface area contributed by atoms with E-state index in [-0.39, 0.29) is 6.03 Å². The smallest absolute Gasteiger partial charge is 0.315 e. The molecule has 2 aliphatic rings. The number of hydrogen-bond acceptors (Lipinski definition) is 3. The molecule has 16 heavy (non-hydrogen) atoms. The monoisotopic (exact) mass is 246 g/mol. The van der Waals surface area contributed by atoms with Crippen LogP contribution in [0.4, 0.5) is 4.79 Å². The van der Waals surface area contributed by atoms with Crippen LogP contribution in [0.5, 0.6) is 0 Å². The van der Waals surface area contributed by atoms with Crippen LogP contribution in [0.1, 0.15) is 26.2 Å². The number of fused-ring (bicyclic) bond motifs is 1. The largest absolute Gasteiger partial charge is 0.481 e. The average Bonchev–Trinajstić information content (AvgIpc) is 2.75. The van der Waals surface area contributed by atoms with E-state index in [1.807, 2.05) is 18.7 Å². The van der Waals surface area contributed by atoms with Crippen molar-refractivity contribution in [1.29, 1.82) is 0 Å². The Morgan fingerprint density at radius 1 is 1.44 bits per heavy atom. The van der Waals surface area contributed by atoms with Crippen molar-refractivity contribution in [2.45, 2.75) is 38.3 Å². The fourth-order valence-corrected chi connectivity index (χ4v) is 2.82. The molecular formula is C10H18N2O3S. The molecule has 0 spiro atoms. The van der Waals surface area contributed by atoms with Gasteiger partial charge >= 0.3 is 12.0 Å². The fraction of sp³-hybridized carbons (Fsp3) is 0.800. The highest BCUT2D eigenvalue weighted by atomic mass is 32.2. The molecule has 0 aromatic heterocycles. The zero-order valence-corrected chi connectivity index (χ0v) is 10.2. The van der Waals surface area contributed by atoms with E-state index in [0.29, 0.717) is 18.5 Å². The third-order valence-corrected chi connectivity index (χ3v) is 3.65. The molecule has 2 saturated heterocycles. The van der Waals surface area contributed by atoms with Gasteiger partial charge < -0.3 is 15.7 Å². The lowest BCUT2D eigenvalue weighted by Crippen LogP contribution is -2.31. The van der Waals surface area contributed by atoms with Crippen LogP contribution < -0.4 is 10.6 Å². The number of amides is 2. The molecule has 0 radical (unpaired) electrons. The van der Waals surface area contributed by atoms with Gasteiger partial charge in [-0.2, -0.15) is 11.8 Å². The van der Waals surface area contributed by atoms with E-state index in [1.54, 1.807) is 0 Å². The average molecular weight is 246 g/mol. The number of nitrogens with one attached hydrogen (secondary N) is 2. The van der Waals surface area contributed by atoms with Crippen LogP contribution in [0.25, 0.3) is 0 Å². The summed E-state index contributed by atoms with van der Waals surface area (Å²) in [5.41, 5.74) is 0. The van der Waals surface area contributed by atoms with Crippen LogP contribution in [0, 0.1) is 0 Å². The molecule has 2 rings (SSSR count). The molecule has 0 aromatic carbocycles. The molecule has 2 aliphatic heterocycles. The Kier molecular flexibility index (Phi) is 5.45. The van der Waals surface area contributed by atoms with Gasteiger partial charge in [-0.25, -0.2) is 4.79 Å². The molecule has 2 fully saturated rings. The van der Waals surface area contributed by atoms with Crippen molar-refractivity contribution in [3.05, 3.63) is 0 Å². The first kappa shape index (κ1) is 13.2. The van der Waals surface area contributed by atoms with E-state index in [4.69, 9.17) is 5.11 Å². The predicted octanol–water partition coefficient (Wildman–Crippen LogP) is 1.04. The summed E-state index contributed by atoms with van der Waals surface area (Å²) in [7, 11) is 0. The van der Waals surface area contributed by atoms with Gasteiger partial charge in [-0.15, -0.1) is 0 Å². The van der Waals surface area contributed by atoms with Gasteiger partial charge in [0.25, 0.3) is 0 Å². The first-order valence-electron chi connectivity index (χ1n) is 5.50. The molecule has 0 aromatic rings. The van der Waals surface area contributed by atoms with Crippen molar-refractivity contribution in [3.63, 3.8) is 0 Å². The molecule has 0 saturated carbocycles. The van der Waals surface area contributed by atoms with Crippen molar-refractivity contribution in [1.82, 2.24) is 10.6 Å². The maximum Gasteiger partial charge on any atom is 0.315 e. The topological polar surface area (TPSA) is 78.4 Å². The Morgan fingerprint density at radius 3 is 2.38 bits per heavy atom. The number of carboxylic acids is 1. The lowest BCUT2D eigenvalue weighted by Gasteiger charge is -2.02. The standard InChI is InChI=1S/C5H8N2OS.C5H10O2/c8-5-6-3-1-9-2-4(3)7-5;1-2-3-4-5(6)7/h3-4H,1-2H2,(H2,6,7,8);2-4H2,1H3,(H,6,7)/t3-,4+;. The summed E-state index contributed by atoms with van der Waals surface area (Å²) in [6.45, 7) is 1.98. The van der Waals surface area contributed by atoms with Crippen molar-refractivity contribution >= 4 is 23.8 Å². The zero-order chi connectivity index (χ0) is 12.0. The Morgan fingerprint density at radius 2 is 2.00 bits per heavy atom. The molecule has 92 valence electrons. The zero-order valence-electron chi connectivity index (χ0n) is 9.36. The first-order valence-corrected chi connectivity index (χ1v) is 6.65. The second kappa shape index (κ2) is 6.62. The number of carboxylic acid groups (broad SMARTS) is 1. The van der Waals surface area contributed by atoms with Gasteiger partial charge in [0.1, 0.15) is 0 Å². The summed E-state index contributed by atoms with van der Waals surface area (Å²) < 4.78 is 0. The molecule has 2 heterocycles. The van der Waals surface area contributed by atoms with E-state index >= 15 is 0 Å². The minimum Gasteiger partial charge on any atom is -0.481 e. The van der Waals surface area contributed by atoms with Crippen molar-refractivity contribution in [2.24, 2.45) is 0 Å². The number of aliphatic carboxylic acids is 1. The third-order valence-electron chi connectivity index (χ3n) is 2.46. The van der Waals surface area contributed by atoms with Crippen molar-refractivity contribution in [3.8, 4) is 0 Å². The minimum atomic E-state index is -0.693. The number of thioether (sulfide) groups is 1. The first-order chi connectivity index (χ1) is 7.63. The Balaban J connectivity index is 0.000000168. The van der Waals surface area contributed by atoms with Gasteiger partial charge in [0.05, 0.1) is 12.1 Å². The lowest BCUT2D eigenvalue weighted by molar-refractivity contribution is -0.137. The number of hydrogen-bond donors (Lipinski definition) is 3. The highest BCUT2D eigenvalue weighted by Gasteiger charge is 2.35. The summed E-state index contributed by atoms with van der Waals surface area (Å²) in [5.74, 6) is 1.45. The SMILES string of the molecule is CCCCC(=O)O.O=C1N[C@H]2CSC[C@H]2N1. The van der Waals surface area contributed by atoms with E-state index in [0.717, 1.165) is 24.3 Å². The number of unbranched alkanes of at least 4 members (excludes halogenated alkanes) is 1. The van der Waals surface area contributed by atoms with E-state index in [9.17, 15) is 9.59 Å². The number of carbonyl (C=O) groups is 2. The van der Waals surface area contributed by atoms with Gasteiger partial charge in [0.15, 0.2) is 0 Å². The molecule has 0 bridgehead atoms. The molecule has 5 nitrogen and oxygen atoms in total. The molecule has 3 N–H and O–H groups in total. The van der Waals surface area contributed by atoms with E-state index in [1.165, 1.54) is 0 Å². The normalized spacial score (nSPS) is 26.2. The quantitative estimate of drug-likeness (QED) is 0.650. The fourth-order valence-electron chi connectivity index (χ4n) is 1.55. The van der Waals surface area contributed by atoms with Crippen LogP contribution in [0.2, 0.25) is 0 Å². The molecular weight excluding hydrogens is 228 g/mol. The summed E-state index contributed by atoms with van der Waals surface area (Å²) in [4.78, 5) is 20.4. The van der Waals surface area contributed by atoms with Crippen molar-refractivity contribution < 1.29 is 14.7 Å². The van der Waals surface area contributed by atoms with Crippen LogP contribution in [0.15, 0.2) is 0 Å². The minimum absolute atomic E-state index is 0.00491. The maximum atomic E-state index is 10.6. The summed E-state index contributed by atoms with van der Waals surface area (Å²) >= 11 is 1.89. The highest BCUT2D eigenvalue weighted by Crippen LogP contribution is 2.20. The highest BCUT2D eigenvalue weighted by molar-refractivity contribution is 7.99. The van der Waals surface area contributed by atoms with Gasteiger partial charge in [0.2, 0.25) is 0 Å². The number of urea groups is 1. The third kappa shape index (κ3) is 4.30. The van der Waals surface area contributed by atoms with E-state index < -0.39 is 5.97 Å². The van der Waals surface area contributed by atoms with Crippen LogP contribution >= 0.6 is 11.8 Å². The van der Waals surface area contributed by atoms with E-state index in [2.05, 4.69) is 10.6 Å².